The normalized spacial score (nSPS) is 10.9. The monoisotopic (exact) mass is 177 g/mol. The predicted molar refractivity (Wildman–Crippen MR) is 57.1 cm³/mol. The molecule has 1 nitrogen and oxygen atoms in total. The van der Waals surface area contributed by atoms with Gasteiger partial charge in [-0.15, -0.1) is 0 Å². The Hall–Kier alpha value is -1.15. The summed E-state index contributed by atoms with van der Waals surface area (Å²) in [5.74, 6) is 0. The molecule has 0 heterocycles. The smallest absolute Gasteiger partial charge is 0.0107 e. The molecule has 1 aromatic carbocycles. The van der Waals surface area contributed by atoms with Crippen molar-refractivity contribution in [1.29, 1.82) is 0 Å². The highest BCUT2D eigenvalue weighted by Crippen LogP contribution is 2.10. The van der Waals surface area contributed by atoms with Crippen molar-refractivity contribution in [2.24, 2.45) is 0 Å². The summed E-state index contributed by atoms with van der Waals surface area (Å²) in [6.07, 6.45) is 1.89. The summed E-state index contributed by atoms with van der Waals surface area (Å²) in [5, 5.41) is 4.63. The topological polar surface area (TPSA) is 12.0 Å². The maximum absolute atomic E-state index is 4.89. The van der Waals surface area contributed by atoms with E-state index in [0.29, 0.717) is 0 Å². The van der Waals surface area contributed by atoms with Crippen LogP contribution in [0.3, 0.4) is 0 Å². The summed E-state index contributed by atoms with van der Waals surface area (Å²) < 4.78 is 0. The van der Waals surface area contributed by atoms with E-state index in [1.165, 1.54) is 0 Å². The predicted octanol–water partition coefficient (Wildman–Crippen LogP) is 2.25. The van der Waals surface area contributed by atoms with Crippen molar-refractivity contribution in [3.8, 4) is 0 Å². The maximum Gasteiger partial charge on any atom is 0.0107 e. The van der Waals surface area contributed by atoms with Crippen LogP contribution in [0.2, 0.25) is 0 Å². The maximum atomic E-state index is 4.89. The quantitative estimate of drug-likeness (QED) is 0.561. The fourth-order valence-corrected chi connectivity index (χ4v) is 1.18. The average Bonchev–Trinajstić information content (AvgIpc) is 2.15. The highest BCUT2D eigenvalue weighted by Gasteiger charge is 1.94. The lowest BCUT2D eigenvalue weighted by atomic mass is 10.1. The second-order valence-electron chi connectivity index (χ2n) is 2.37. The highest BCUT2D eigenvalue weighted by atomic mass is 32.1. The summed E-state index contributed by atoms with van der Waals surface area (Å²) in [5.41, 5.74) is 2.18. The van der Waals surface area contributed by atoms with Crippen LogP contribution in [0.15, 0.2) is 36.5 Å². The summed E-state index contributed by atoms with van der Waals surface area (Å²) in [6, 6.07) is 10.1. The Morgan fingerprint density at radius 1 is 1.33 bits per heavy atom. The number of thiocarbonyl (C=S) groups is 1. The van der Waals surface area contributed by atoms with E-state index >= 15 is 0 Å². The molecule has 0 aliphatic rings. The first-order valence-electron chi connectivity index (χ1n) is 3.76. The second kappa shape index (κ2) is 4.67. The molecule has 2 heteroatoms. The number of hydrogen-bond acceptors (Lipinski definition) is 2. The van der Waals surface area contributed by atoms with E-state index in [9.17, 15) is 0 Å². The van der Waals surface area contributed by atoms with Crippen LogP contribution in [0.4, 0.5) is 0 Å². The molecule has 0 unspecified atom stereocenters. The summed E-state index contributed by atoms with van der Waals surface area (Å²) in [6.45, 7) is 0. The fraction of sp³-hybridized carbons (Fsp3) is 0.100. The molecule has 0 aliphatic heterocycles. The van der Waals surface area contributed by atoms with Gasteiger partial charge < -0.3 is 5.32 Å². The number of rotatable bonds is 3. The third kappa shape index (κ3) is 2.17. The van der Waals surface area contributed by atoms with E-state index in [4.69, 9.17) is 12.2 Å². The van der Waals surface area contributed by atoms with Crippen molar-refractivity contribution in [3.05, 3.63) is 42.1 Å². The Balaban J connectivity index is 2.96. The Labute approximate surface area is 78.1 Å². The molecular weight excluding hydrogens is 166 g/mol. The molecule has 0 spiro atoms. The van der Waals surface area contributed by atoms with Gasteiger partial charge in [-0.3, -0.25) is 0 Å². The summed E-state index contributed by atoms with van der Waals surface area (Å²) >= 11 is 4.89. The van der Waals surface area contributed by atoms with E-state index < -0.39 is 0 Å². The van der Waals surface area contributed by atoms with Gasteiger partial charge in [0.25, 0.3) is 0 Å². The number of allylic oxidation sites excluding steroid dienone is 1. The minimum atomic E-state index is 1.04. The zero-order valence-electron chi connectivity index (χ0n) is 6.95. The lowest BCUT2D eigenvalue weighted by molar-refractivity contribution is 1.11. The molecule has 0 aliphatic carbocycles. The molecule has 0 fully saturated rings. The molecule has 1 aromatic rings. The molecule has 62 valence electrons. The van der Waals surface area contributed by atoms with Gasteiger partial charge in [0.1, 0.15) is 0 Å². The van der Waals surface area contributed by atoms with Gasteiger partial charge in [-0.25, -0.2) is 0 Å². The van der Waals surface area contributed by atoms with Crippen molar-refractivity contribution in [2.45, 2.75) is 0 Å². The Kier molecular flexibility index (Phi) is 3.48. The van der Waals surface area contributed by atoms with Crippen LogP contribution >= 0.6 is 12.2 Å². The fourth-order valence-electron chi connectivity index (χ4n) is 0.972. The van der Waals surface area contributed by atoms with Gasteiger partial charge in [-0.2, -0.15) is 0 Å². The van der Waals surface area contributed by atoms with Gasteiger partial charge >= 0.3 is 0 Å². The van der Waals surface area contributed by atoms with Crippen molar-refractivity contribution < 1.29 is 0 Å². The molecule has 0 aromatic heterocycles. The van der Waals surface area contributed by atoms with Gasteiger partial charge in [-0.05, 0) is 5.56 Å². The third-order valence-corrected chi connectivity index (χ3v) is 1.79. The van der Waals surface area contributed by atoms with E-state index in [0.717, 1.165) is 11.1 Å². The molecule has 0 saturated carbocycles. The van der Waals surface area contributed by atoms with E-state index in [1.54, 1.807) is 5.37 Å². The van der Waals surface area contributed by atoms with Crippen LogP contribution in [0, 0.1) is 0 Å². The Morgan fingerprint density at radius 3 is 2.50 bits per heavy atom. The number of hydrogen-bond donors (Lipinski definition) is 1. The van der Waals surface area contributed by atoms with Crippen LogP contribution in [0.1, 0.15) is 5.56 Å². The van der Waals surface area contributed by atoms with Crippen LogP contribution in [0.25, 0.3) is 5.57 Å². The first-order valence-corrected chi connectivity index (χ1v) is 4.23. The van der Waals surface area contributed by atoms with Crippen molar-refractivity contribution in [1.82, 2.24) is 5.32 Å². The largest absolute Gasteiger partial charge is 0.393 e. The van der Waals surface area contributed by atoms with E-state index in [1.807, 2.05) is 43.6 Å². The SMILES string of the molecule is CN/C=C(\C=S)c1ccccc1. The molecule has 0 atom stereocenters. The number of benzene rings is 1. The molecule has 1 N–H and O–H groups in total. The molecule has 0 bridgehead atoms. The summed E-state index contributed by atoms with van der Waals surface area (Å²) in [4.78, 5) is 0. The molecule has 0 amide bonds. The van der Waals surface area contributed by atoms with Gasteiger partial charge in [0.05, 0.1) is 0 Å². The third-order valence-electron chi connectivity index (χ3n) is 1.53. The Bertz CT molecular complexity index is 277. The van der Waals surface area contributed by atoms with Crippen molar-refractivity contribution in [2.75, 3.05) is 7.05 Å². The number of nitrogens with one attached hydrogen (secondary N) is 1. The van der Waals surface area contributed by atoms with Crippen LogP contribution in [-0.4, -0.2) is 12.4 Å². The van der Waals surface area contributed by atoms with E-state index in [-0.39, 0.29) is 0 Å². The van der Waals surface area contributed by atoms with E-state index in [2.05, 4.69) is 5.32 Å². The molecule has 0 saturated heterocycles. The van der Waals surface area contributed by atoms with Gasteiger partial charge in [-0.1, -0.05) is 42.5 Å². The Morgan fingerprint density at radius 2 is 2.00 bits per heavy atom. The minimum Gasteiger partial charge on any atom is -0.393 e. The first-order chi connectivity index (χ1) is 5.88. The first kappa shape index (κ1) is 8.94. The van der Waals surface area contributed by atoms with Crippen LogP contribution in [0.5, 0.6) is 0 Å². The minimum absolute atomic E-state index is 1.04. The molecule has 1 rings (SSSR count). The highest BCUT2D eigenvalue weighted by molar-refractivity contribution is 7.79. The average molecular weight is 177 g/mol. The lowest BCUT2D eigenvalue weighted by Gasteiger charge is -1.99. The second-order valence-corrected chi connectivity index (χ2v) is 2.61. The zero-order valence-corrected chi connectivity index (χ0v) is 7.77. The molecule has 12 heavy (non-hydrogen) atoms. The molecule has 0 radical (unpaired) electrons. The van der Waals surface area contributed by atoms with Crippen molar-refractivity contribution in [3.63, 3.8) is 0 Å². The molecular formula is C10H11NS. The van der Waals surface area contributed by atoms with Crippen LogP contribution in [-0.2, 0) is 0 Å². The van der Waals surface area contributed by atoms with Gasteiger partial charge in [0.15, 0.2) is 0 Å². The van der Waals surface area contributed by atoms with Gasteiger partial charge in [0, 0.05) is 24.2 Å². The zero-order chi connectivity index (χ0) is 8.81. The summed E-state index contributed by atoms with van der Waals surface area (Å²) in [7, 11) is 1.86. The van der Waals surface area contributed by atoms with Crippen molar-refractivity contribution >= 4 is 23.2 Å². The van der Waals surface area contributed by atoms with Crippen LogP contribution < -0.4 is 5.32 Å². The standard InChI is InChI=1S/C10H11NS/c1-11-7-10(8-12)9-5-3-2-4-6-9/h2-8,11H,1H3/b10-7+. The van der Waals surface area contributed by atoms with Gasteiger partial charge in [0.2, 0.25) is 0 Å². The lowest BCUT2D eigenvalue weighted by Crippen LogP contribution is -1.96.